The Morgan fingerprint density at radius 3 is 3.00 bits per heavy atom. The molecule has 1 aliphatic rings. The molecule has 1 rings (SSSR count). The standard InChI is InChI=1S/C9H20N2O/c1-2-9(12)7-11-5-3-4-8(10)6-11/h8-9,12H,2-7,10H2,1H3/t8-,9?/m1/s1. The van der Waals surface area contributed by atoms with Crippen molar-refractivity contribution < 1.29 is 5.11 Å². The molecule has 72 valence electrons. The van der Waals surface area contributed by atoms with Gasteiger partial charge in [0.05, 0.1) is 6.10 Å². The highest BCUT2D eigenvalue weighted by atomic mass is 16.3. The van der Waals surface area contributed by atoms with Crippen LogP contribution < -0.4 is 5.73 Å². The summed E-state index contributed by atoms with van der Waals surface area (Å²) >= 11 is 0. The molecule has 1 fully saturated rings. The van der Waals surface area contributed by atoms with E-state index in [4.69, 9.17) is 5.73 Å². The van der Waals surface area contributed by atoms with Gasteiger partial charge in [0.25, 0.3) is 0 Å². The first-order valence-corrected chi connectivity index (χ1v) is 4.88. The molecule has 12 heavy (non-hydrogen) atoms. The van der Waals surface area contributed by atoms with Crippen molar-refractivity contribution in [2.75, 3.05) is 19.6 Å². The van der Waals surface area contributed by atoms with E-state index in [0.717, 1.165) is 32.5 Å². The zero-order valence-electron chi connectivity index (χ0n) is 7.87. The third kappa shape index (κ3) is 3.09. The number of hydrogen-bond acceptors (Lipinski definition) is 3. The Hall–Kier alpha value is -0.120. The van der Waals surface area contributed by atoms with Crippen LogP contribution in [-0.2, 0) is 0 Å². The predicted molar refractivity (Wildman–Crippen MR) is 49.9 cm³/mol. The molecule has 0 bridgehead atoms. The molecular weight excluding hydrogens is 152 g/mol. The van der Waals surface area contributed by atoms with E-state index >= 15 is 0 Å². The van der Waals surface area contributed by atoms with Gasteiger partial charge in [-0.05, 0) is 25.8 Å². The first-order chi connectivity index (χ1) is 5.72. The maximum absolute atomic E-state index is 9.41. The molecule has 0 aromatic rings. The van der Waals surface area contributed by atoms with E-state index in [9.17, 15) is 5.11 Å². The lowest BCUT2D eigenvalue weighted by Gasteiger charge is -2.31. The van der Waals surface area contributed by atoms with Gasteiger partial charge in [0.15, 0.2) is 0 Å². The van der Waals surface area contributed by atoms with Crippen LogP contribution in [0, 0.1) is 0 Å². The van der Waals surface area contributed by atoms with Gasteiger partial charge in [-0.3, -0.25) is 4.90 Å². The van der Waals surface area contributed by atoms with E-state index in [2.05, 4.69) is 4.90 Å². The van der Waals surface area contributed by atoms with Crippen LogP contribution in [0.3, 0.4) is 0 Å². The number of nitrogens with two attached hydrogens (primary N) is 1. The van der Waals surface area contributed by atoms with Gasteiger partial charge < -0.3 is 10.8 Å². The average Bonchev–Trinajstić information content (AvgIpc) is 2.04. The number of likely N-dealkylation sites (tertiary alicyclic amines) is 1. The molecule has 0 aromatic heterocycles. The highest BCUT2D eigenvalue weighted by Crippen LogP contribution is 2.08. The molecule has 1 unspecified atom stereocenters. The minimum Gasteiger partial charge on any atom is -0.392 e. The van der Waals surface area contributed by atoms with Crippen LogP contribution in [0.4, 0.5) is 0 Å². The molecule has 0 saturated carbocycles. The summed E-state index contributed by atoms with van der Waals surface area (Å²) in [5.41, 5.74) is 5.82. The Morgan fingerprint density at radius 2 is 2.42 bits per heavy atom. The van der Waals surface area contributed by atoms with Crippen molar-refractivity contribution in [3.05, 3.63) is 0 Å². The molecule has 0 aromatic carbocycles. The van der Waals surface area contributed by atoms with E-state index in [1.165, 1.54) is 6.42 Å². The summed E-state index contributed by atoms with van der Waals surface area (Å²) < 4.78 is 0. The maximum Gasteiger partial charge on any atom is 0.0664 e. The fourth-order valence-electron chi connectivity index (χ4n) is 1.68. The van der Waals surface area contributed by atoms with Gasteiger partial charge in [-0.25, -0.2) is 0 Å². The lowest BCUT2D eigenvalue weighted by Crippen LogP contribution is -2.45. The highest BCUT2D eigenvalue weighted by molar-refractivity contribution is 4.76. The fraction of sp³-hybridized carbons (Fsp3) is 1.00. The number of aliphatic hydroxyl groups excluding tert-OH is 1. The summed E-state index contributed by atoms with van der Waals surface area (Å²) in [5, 5.41) is 9.41. The lowest BCUT2D eigenvalue weighted by molar-refractivity contribution is 0.0934. The van der Waals surface area contributed by atoms with Gasteiger partial charge in [0.1, 0.15) is 0 Å². The Kier molecular flexibility index (Phi) is 3.98. The molecule has 0 radical (unpaired) electrons. The van der Waals surface area contributed by atoms with E-state index in [1.807, 2.05) is 6.92 Å². The largest absolute Gasteiger partial charge is 0.392 e. The molecule has 2 atom stereocenters. The van der Waals surface area contributed by atoms with Crippen LogP contribution in [0.25, 0.3) is 0 Å². The predicted octanol–water partition coefficient (Wildman–Crippen LogP) is 0.180. The SMILES string of the molecule is CCC(O)CN1CCC[C@@H](N)C1. The number of rotatable bonds is 3. The molecule has 1 saturated heterocycles. The molecule has 1 heterocycles. The Balaban J connectivity index is 2.22. The topological polar surface area (TPSA) is 49.5 Å². The summed E-state index contributed by atoms with van der Waals surface area (Å²) in [4.78, 5) is 2.27. The lowest BCUT2D eigenvalue weighted by atomic mass is 10.1. The summed E-state index contributed by atoms with van der Waals surface area (Å²) in [6.07, 6.45) is 2.98. The number of β-amino-alcohol motifs (C(OH)–C–C–N with tert-alkyl or cyclic N) is 1. The molecule has 3 N–H and O–H groups in total. The van der Waals surface area contributed by atoms with Crippen molar-refractivity contribution in [1.82, 2.24) is 4.90 Å². The molecule has 1 aliphatic heterocycles. The van der Waals surface area contributed by atoms with Gasteiger partial charge in [-0.15, -0.1) is 0 Å². The first kappa shape index (κ1) is 9.96. The Morgan fingerprint density at radius 1 is 1.67 bits per heavy atom. The van der Waals surface area contributed by atoms with E-state index in [1.54, 1.807) is 0 Å². The number of nitrogens with zero attached hydrogens (tertiary/aromatic N) is 1. The molecular formula is C9H20N2O. The third-order valence-corrected chi connectivity index (χ3v) is 2.48. The summed E-state index contributed by atoms with van der Waals surface area (Å²) in [5.74, 6) is 0. The van der Waals surface area contributed by atoms with E-state index < -0.39 is 0 Å². The van der Waals surface area contributed by atoms with Crippen molar-refractivity contribution in [3.8, 4) is 0 Å². The minimum atomic E-state index is -0.171. The Labute approximate surface area is 74.5 Å². The van der Waals surface area contributed by atoms with Gasteiger partial charge in [0, 0.05) is 19.1 Å². The molecule has 0 spiro atoms. The summed E-state index contributed by atoms with van der Waals surface area (Å²) in [7, 11) is 0. The normalized spacial score (nSPS) is 28.8. The van der Waals surface area contributed by atoms with Crippen molar-refractivity contribution in [3.63, 3.8) is 0 Å². The second-order valence-corrected chi connectivity index (χ2v) is 3.72. The van der Waals surface area contributed by atoms with Crippen LogP contribution in [0.5, 0.6) is 0 Å². The zero-order chi connectivity index (χ0) is 8.97. The van der Waals surface area contributed by atoms with Crippen LogP contribution in [0.1, 0.15) is 26.2 Å². The van der Waals surface area contributed by atoms with Crippen molar-refractivity contribution in [1.29, 1.82) is 0 Å². The quantitative estimate of drug-likeness (QED) is 0.638. The van der Waals surface area contributed by atoms with Gasteiger partial charge in [0.2, 0.25) is 0 Å². The second-order valence-electron chi connectivity index (χ2n) is 3.72. The molecule has 3 heteroatoms. The average molecular weight is 172 g/mol. The van der Waals surface area contributed by atoms with Crippen LogP contribution >= 0.6 is 0 Å². The maximum atomic E-state index is 9.41. The number of hydrogen-bond donors (Lipinski definition) is 2. The van der Waals surface area contributed by atoms with Crippen LogP contribution in [0.15, 0.2) is 0 Å². The Bertz CT molecular complexity index is 130. The van der Waals surface area contributed by atoms with Crippen LogP contribution in [-0.4, -0.2) is 41.8 Å². The molecule has 3 nitrogen and oxygen atoms in total. The highest BCUT2D eigenvalue weighted by Gasteiger charge is 2.17. The summed E-state index contributed by atoms with van der Waals surface area (Å²) in [6.45, 7) is 4.86. The van der Waals surface area contributed by atoms with Crippen LogP contribution in [0.2, 0.25) is 0 Å². The van der Waals surface area contributed by atoms with Crippen molar-refractivity contribution in [2.24, 2.45) is 5.73 Å². The minimum absolute atomic E-state index is 0.171. The fourth-order valence-corrected chi connectivity index (χ4v) is 1.68. The van der Waals surface area contributed by atoms with E-state index in [0.29, 0.717) is 6.04 Å². The van der Waals surface area contributed by atoms with Gasteiger partial charge in [-0.1, -0.05) is 6.92 Å². The monoisotopic (exact) mass is 172 g/mol. The smallest absolute Gasteiger partial charge is 0.0664 e. The third-order valence-electron chi connectivity index (χ3n) is 2.48. The van der Waals surface area contributed by atoms with E-state index in [-0.39, 0.29) is 6.10 Å². The second kappa shape index (κ2) is 4.80. The molecule has 0 amide bonds. The number of piperidine rings is 1. The summed E-state index contributed by atoms with van der Waals surface area (Å²) in [6, 6.07) is 0.322. The first-order valence-electron chi connectivity index (χ1n) is 4.88. The van der Waals surface area contributed by atoms with Crippen molar-refractivity contribution >= 4 is 0 Å². The number of aliphatic hydroxyl groups is 1. The zero-order valence-corrected chi connectivity index (χ0v) is 7.87. The van der Waals surface area contributed by atoms with Gasteiger partial charge in [-0.2, -0.15) is 0 Å². The molecule has 0 aliphatic carbocycles. The van der Waals surface area contributed by atoms with Crippen molar-refractivity contribution in [2.45, 2.75) is 38.3 Å². The van der Waals surface area contributed by atoms with Gasteiger partial charge >= 0.3 is 0 Å².